The fourth-order valence-corrected chi connectivity index (χ4v) is 10.00. The first-order chi connectivity index (χ1) is 23.7. The maximum atomic E-state index is 13.0. The van der Waals surface area contributed by atoms with Gasteiger partial charge in [0.25, 0.3) is 0 Å². The molecular formula is C41H49ClN2O5. The largest absolute Gasteiger partial charge is 0.493 e. The highest BCUT2D eigenvalue weighted by atomic mass is 35.5. The second-order valence-electron chi connectivity index (χ2n) is 16.1. The molecule has 3 atom stereocenters. The van der Waals surface area contributed by atoms with Crippen LogP contribution >= 0.6 is 11.6 Å². The molecule has 2 heterocycles. The van der Waals surface area contributed by atoms with Gasteiger partial charge in [0.05, 0.1) is 19.8 Å². The lowest BCUT2D eigenvalue weighted by molar-refractivity contribution is -0.144. The Morgan fingerprint density at radius 1 is 1.06 bits per heavy atom. The number of carboxylic acids is 1. The minimum absolute atomic E-state index is 0.142. The molecule has 0 bridgehead atoms. The van der Waals surface area contributed by atoms with E-state index in [9.17, 15) is 9.90 Å². The zero-order chi connectivity index (χ0) is 33.8. The molecule has 2 spiro atoms. The number of fused-ring (bicyclic) bond motifs is 4. The molecule has 0 saturated heterocycles. The first kappa shape index (κ1) is 32.7. The molecule has 0 amide bonds. The second kappa shape index (κ2) is 12.7. The maximum Gasteiger partial charge on any atom is 0.329 e. The van der Waals surface area contributed by atoms with E-state index in [0.717, 1.165) is 74.5 Å². The number of anilines is 1. The van der Waals surface area contributed by atoms with E-state index in [1.54, 1.807) is 0 Å². The minimum Gasteiger partial charge on any atom is -0.493 e. The van der Waals surface area contributed by atoms with E-state index in [0.29, 0.717) is 48.8 Å². The SMILES string of the molecule is C[C@@H](COc1ccnc2c1[C@H](C)CCC2)C[C@H]1Cc2cc3c(cc2C12CCC(Nc1cccc(Cl)c1)(C(=O)O)CC2)OCC1(CCC1)CO3. The van der Waals surface area contributed by atoms with Crippen molar-refractivity contribution in [1.82, 2.24) is 4.98 Å². The van der Waals surface area contributed by atoms with Crippen molar-refractivity contribution in [3.8, 4) is 17.2 Å². The van der Waals surface area contributed by atoms with Gasteiger partial charge in [0.2, 0.25) is 0 Å². The van der Waals surface area contributed by atoms with Crippen molar-refractivity contribution >= 4 is 23.3 Å². The summed E-state index contributed by atoms with van der Waals surface area (Å²) in [5.41, 5.74) is 4.82. The third-order valence-corrected chi connectivity index (χ3v) is 13.1. The van der Waals surface area contributed by atoms with Crippen molar-refractivity contribution in [2.75, 3.05) is 25.1 Å². The number of nitrogens with one attached hydrogen (secondary N) is 1. The Kier molecular flexibility index (Phi) is 8.49. The molecule has 7 nitrogen and oxygen atoms in total. The van der Waals surface area contributed by atoms with Crippen molar-refractivity contribution in [3.05, 3.63) is 76.1 Å². The molecule has 5 aliphatic rings. The molecule has 260 valence electrons. The Hall–Kier alpha value is -3.45. The number of aromatic nitrogens is 1. The lowest BCUT2D eigenvalue weighted by Crippen LogP contribution is -2.53. The highest BCUT2D eigenvalue weighted by molar-refractivity contribution is 6.30. The summed E-state index contributed by atoms with van der Waals surface area (Å²) in [6, 6.07) is 14.0. The maximum absolute atomic E-state index is 13.0. The van der Waals surface area contributed by atoms with E-state index < -0.39 is 11.5 Å². The number of halogens is 1. The van der Waals surface area contributed by atoms with Crippen LogP contribution in [0.4, 0.5) is 5.69 Å². The van der Waals surface area contributed by atoms with E-state index >= 15 is 0 Å². The van der Waals surface area contributed by atoms with Crippen LogP contribution in [-0.2, 0) is 23.1 Å². The van der Waals surface area contributed by atoms with Crippen LogP contribution < -0.4 is 19.5 Å². The van der Waals surface area contributed by atoms with Gasteiger partial charge in [-0.25, -0.2) is 4.79 Å². The first-order valence-electron chi connectivity index (χ1n) is 18.5. The van der Waals surface area contributed by atoms with Crippen molar-refractivity contribution in [2.24, 2.45) is 17.3 Å². The lowest BCUT2D eigenvalue weighted by atomic mass is 9.59. The van der Waals surface area contributed by atoms with Crippen LogP contribution in [0.3, 0.4) is 0 Å². The highest BCUT2D eigenvalue weighted by Crippen LogP contribution is 2.58. The monoisotopic (exact) mass is 684 g/mol. The number of ether oxygens (including phenoxy) is 3. The summed E-state index contributed by atoms with van der Waals surface area (Å²) < 4.78 is 19.6. The fraction of sp³-hybridized carbons (Fsp3) is 0.561. The molecule has 4 aliphatic carbocycles. The summed E-state index contributed by atoms with van der Waals surface area (Å²) >= 11 is 6.29. The van der Waals surface area contributed by atoms with E-state index in [-0.39, 0.29) is 10.8 Å². The Balaban J connectivity index is 1.06. The highest BCUT2D eigenvalue weighted by Gasteiger charge is 2.55. The Labute approximate surface area is 295 Å². The number of aryl methyl sites for hydroxylation is 1. The van der Waals surface area contributed by atoms with Crippen molar-refractivity contribution < 1.29 is 24.1 Å². The predicted molar refractivity (Wildman–Crippen MR) is 191 cm³/mol. The molecular weight excluding hydrogens is 636 g/mol. The summed E-state index contributed by atoms with van der Waals surface area (Å²) in [5.74, 6) is 3.04. The number of hydrogen-bond acceptors (Lipinski definition) is 6. The van der Waals surface area contributed by atoms with E-state index in [1.165, 1.54) is 41.6 Å². The number of nitrogens with zero attached hydrogens (tertiary/aromatic N) is 1. The van der Waals surface area contributed by atoms with Gasteiger partial charge >= 0.3 is 5.97 Å². The Morgan fingerprint density at radius 2 is 1.84 bits per heavy atom. The Morgan fingerprint density at radius 3 is 2.55 bits per heavy atom. The molecule has 2 fully saturated rings. The standard InChI is InChI=1S/C41H49ClN2O5/c1-26(23-47-34-10-17-43-33-9-3-6-27(2)37(33)34)18-29-19-28-20-35-36(49-25-39(24-48-35)11-5-12-39)22-32(28)40(29)13-15-41(16-14-40,38(45)46)44-31-8-4-7-30(42)21-31/h4,7-8,10,17,20-22,26-27,29,44H,3,5-6,9,11-16,18-19,23-25H2,1-2H3,(H,45,46)/t26-,27-,29+,40?,41?/m1/s1. The molecule has 49 heavy (non-hydrogen) atoms. The Bertz CT molecular complexity index is 1730. The second-order valence-corrected chi connectivity index (χ2v) is 16.5. The number of rotatable bonds is 8. The lowest BCUT2D eigenvalue weighted by Gasteiger charge is -2.47. The molecule has 0 radical (unpaired) electrons. The van der Waals surface area contributed by atoms with Crippen LogP contribution in [0.1, 0.15) is 106 Å². The summed E-state index contributed by atoms with van der Waals surface area (Å²) in [4.78, 5) is 17.7. The molecule has 1 aromatic heterocycles. The molecule has 8 rings (SSSR count). The quantitative estimate of drug-likeness (QED) is 0.245. The normalized spacial score (nSPS) is 28.6. The summed E-state index contributed by atoms with van der Waals surface area (Å²) in [5, 5.41) is 14.7. The zero-order valence-corrected chi connectivity index (χ0v) is 29.6. The van der Waals surface area contributed by atoms with Crippen molar-refractivity contribution in [3.63, 3.8) is 0 Å². The first-order valence-corrected chi connectivity index (χ1v) is 18.9. The van der Waals surface area contributed by atoms with Crippen LogP contribution in [0.15, 0.2) is 48.7 Å². The van der Waals surface area contributed by atoms with E-state index in [2.05, 4.69) is 36.3 Å². The molecule has 8 heteroatoms. The summed E-state index contributed by atoms with van der Waals surface area (Å²) in [7, 11) is 0. The molecule has 2 N–H and O–H groups in total. The van der Waals surface area contributed by atoms with E-state index in [1.807, 2.05) is 36.5 Å². The van der Waals surface area contributed by atoms with Gasteiger partial charge < -0.3 is 24.6 Å². The molecule has 2 aromatic carbocycles. The van der Waals surface area contributed by atoms with Crippen LogP contribution in [0.2, 0.25) is 5.02 Å². The van der Waals surface area contributed by atoms with Gasteiger partial charge in [-0.05, 0) is 141 Å². The van der Waals surface area contributed by atoms with Crippen LogP contribution in [0, 0.1) is 17.3 Å². The molecule has 3 aromatic rings. The smallest absolute Gasteiger partial charge is 0.329 e. The summed E-state index contributed by atoms with van der Waals surface area (Å²) in [6.07, 6.45) is 13.4. The molecule has 2 saturated carbocycles. The number of hydrogen-bond donors (Lipinski definition) is 2. The van der Waals surface area contributed by atoms with Crippen LogP contribution in [0.25, 0.3) is 0 Å². The van der Waals surface area contributed by atoms with Gasteiger partial charge in [-0.1, -0.05) is 37.9 Å². The predicted octanol–water partition coefficient (Wildman–Crippen LogP) is 9.14. The topological polar surface area (TPSA) is 89.9 Å². The van der Waals surface area contributed by atoms with Crippen LogP contribution in [-0.4, -0.2) is 41.4 Å². The van der Waals surface area contributed by atoms with Gasteiger partial charge in [0, 0.05) is 33.6 Å². The third-order valence-electron chi connectivity index (χ3n) is 12.8. The van der Waals surface area contributed by atoms with Crippen LogP contribution in [0.5, 0.6) is 17.2 Å². The van der Waals surface area contributed by atoms with Gasteiger partial charge in [-0.15, -0.1) is 0 Å². The fourth-order valence-electron chi connectivity index (χ4n) is 9.81. The van der Waals surface area contributed by atoms with Gasteiger partial charge in [0.15, 0.2) is 11.5 Å². The molecule has 0 unspecified atom stereocenters. The third kappa shape index (κ3) is 5.94. The van der Waals surface area contributed by atoms with Gasteiger partial charge in [-0.3, -0.25) is 4.98 Å². The number of benzene rings is 2. The average Bonchev–Trinajstić information content (AvgIpc) is 3.20. The van der Waals surface area contributed by atoms with Crippen molar-refractivity contribution in [2.45, 2.75) is 108 Å². The number of pyridine rings is 1. The number of aliphatic carboxylic acids is 1. The minimum atomic E-state index is -1.06. The molecule has 1 aliphatic heterocycles. The number of carbonyl (C=O) groups is 1. The zero-order valence-electron chi connectivity index (χ0n) is 28.9. The van der Waals surface area contributed by atoms with Crippen molar-refractivity contribution in [1.29, 1.82) is 0 Å². The summed E-state index contributed by atoms with van der Waals surface area (Å²) in [6.45, 7) is 6.66. The number of carboxylic acid groups (broad SMARTS) is 1. The van der Waals surface area contributed by atoms with Gasteiger partial charge in [0.1, 0.15) is 11.3 Å². The van der Waals surface area contributed by atoms with Gasteiger partial charge in [-0.2, -0.15) is 0 Å². The average molecular weight is 685 g/mol. The van der Waals surface area contributed by atoms with E-state index in [4.69, 9.17) is 25.8 Å².